The van der Waals surface area contributed by atoms with Crippen LogP contribution in [0.15, 0.2) is 27.6 Å². The summed E-state index contributed by atoms with van der Waals surface area (Å²) in [7, 11) is 1.51. The van der Waals surface area contributed by atoms with Crippen LogP contribution in [0.3, 0.4) is 0 Å². The van der Waals surface area contributed by atoms with E-state index in [0.717, 1.165) is 0 Å². The van der Waals surface area contributed by atoms with Crippen molar-refractivity contribution in [3.8, 4) is 17.3 Å². The minimum absolute atomic E-state index is 0.257. The molecule has 2 aromatic heterocycles. The van der Waals surface area contributed by atoms with Crippen molar-refractivity contribution in [1.82, 2.24) is 15.1 Å². The molecule has 0 aliphatic heterocycles. The van der Waals surface area contributed by atoms with Gasteiger partial charge >= 0.3 is 5.76 Å². The van der Waals surface area contributed by atoms with E-state index < -0.39 is 5.76 Å². The maximum Gasteiger partial charge on any atom is 0.439 e. The van der Waals surface area contributed by atoms with Gasteiger partial charge in [0.2, 0.25) is 5.82 Å². The van der Waals surface area contributed by atoms with Crippen LogP contribution in [0, 0.1) is 0 Å². The molecule has 72 valence electrons. The molecule has 0 amide bonds. The first kappa shape index (κ1) is 8.49. The number of H-pyrrole nitrogens is 1. The van der Waals surface area contributed by atoms with Crippen LogP contribution in [-0.4, -0.2) is 22.2 Å². The molecule has 0 aromatic carbocycles. The molecule has 0 radical (unpaired) electrons. The number of nitrogens with zero attached hydrogens (tertiary/aromatic N) is 2. The first-order valence-electron chi connectivity index (χ1n) is 3.86. The van der Waals surface area contributed by atoms with Crippen molar-refractivity contribution in [2.24, 2.45) is 0 Å². The van der Waals surface area contributed by atoms with E-state index in [0.29, 0.717) is 11.4 Å². The van der Waals surface area contributed by atoms with Crippen LogP contribution >= 0.6 is 0 Å². The van der Waals surface area contributed by atoms with Gasteiger partial charge in [0.15, 0.2) is 5.69 Å². The molecule has 1 N–H and O–H groups in total. The van der Waals surface area contributed by atoms with Crippen LogP contribution in [0.2, 0.25) is 0 Å². The molecule has 6 nitrogen and oxygen atoms in total. The smallest absolute Gasteiger partial charge is 0.439 e. The van der Waals surface area contributed by atoms with Gasteiger partial charge in [0.25, 0.3) is 0 Å². The first-order chi connectivity index (χ1) is 6.81. The summed E-state index contributed by atoms with van der Waals surface area (Å²) in [5, 5.41) is 3.51. The highest BCUT2D eigenvalue weighted by Gasteiger charge is 2.10. The third kappa shape index (κ3) is 1.37. The van der Waals surface area contributed by atoms with Gasteiger partial charge in [-0.05, 0) is 12.1 Å². The molecular formula is C8H7N3O3. The molecule has 14 heavy (non-hydrogen) atoms. The number of aromatic nitrogens is 3. The third-order valence-corrected chi connectivity index (χ3v) is 1.66. The summed E-state index contributed by atoms with van der Waals surface area (Å²) in [6.45, 7) is 0. The maximum atomic E-state index is 10.7. The normalized spacial score (nSPS) is 10.1. The largest absolute Gasteiger partial charge is 0.494 e. The van der Waals surface area contributed by atoms with Crippen molar-refractivity contribution in [1.29, 1.82) is 0 Å². The Morgan fingerprint density at radius 2 is 2.43 bits per heavy atom. The fraction of sp³-hybridized carbons (Fsp3) is 0.125. The summed E-state index contributed by atoms with van der Waals surface area (Å²) in [6, 6.07) is 3.44. The molecule has 0 bridgehead atoms. The molecular weight excluding hydrogens is 186 g/mol. The zero-order valence-corrected chi connectivity index (χ0v) is 7.35. The summed E-state index contributed by atoms with van der Waals surface area (Å²) in [6.07, 6.45) is 1.57. The lowest BCUT2D eigenvalue weighted by molar-refractivity contribution is 0.386. The summed E-state index contributed by atoms with van der Waals surface area (Å²) >= 11 is 0. The first-order valence-corrected chi connectivity index (χ1v) is 3.86. The number of methoxy groups -OCH3 is 1. The fourth-order valence-electron chi connectivity index (χ4n) is 1.06. The van der Waals surface area contributed by atoms with Crippen molar-refractivity contribution in [3.63, 3.8) is 0 Å². The average Bonchev–Trinajstić information content (AvgIpc) is 2.65. The molecule has 2 aromatic rings. The number of nitrogens with one attached hydrogen (secondary N) is 1. The van der Waals surface area contributed by atoms with Crippen LogP contribution in [0.1, 0.15) is 0 Å². The minimum Gasteiger partial charge on any atom is -0.494 e. The molecule has 0 fully saturated rings. The Balaban J connectivity index is 2.55. The number of ether oxygens (including phenoxy) is 1. The van der Waals surface area contributed by atoms with Crippen LogP contribution < -0.4 is 10.5 Å². The van der Waals surface area contributed by atoms with E-state index in [1.54, 1.807) is 18.3 Å². The van der Waals surface area contributed by atoms with Gasteiger partial charge in [-0.15, -0.1) is 0 Å². The van der Waals surface area contributed by atoms with Gasteiger partial charge < -0.3 is 4.74 Å². The number of pyridine rings is 1. The fourth-order valence-corrected chi connectivity index (χ4v) is 1.06. The van der Waals surface area contributed by atoms with Gasteiger partial charge in [0.05, 0.1) is 7.11 Å². The van der Waals surface area contributed by atoms with Gasteiger partial charge in [-0.1, -0.05) is 5.16 Å². The minimum atomic E-state index is -0.618. The van der Waals surface area contributed by atoms with Gasteiger partial charge in [0, 0.05) is 6.20 Å². The molecule has 2 heterocycles. The van der Waals surface area contributed by atoms with Crippen LogP contribution in [0.5, 0.6) is 5.75 Å². The van der Waals surface area contributed by atoms with Gasteiger partial charge in [0.1, 0.15) is 5.75 Å². The van der Waals surface area contributed by atoms with E-state index >= 15 is 0 Å². The number of aromatic amines is 1. The Morgan fingerprint density at radius 3 is 3.07 bits per heavy atom. The lowest BCUT2D eigenvalue weighted by atomic mass is 10.3. The van der Waals surface area contributed by atoms with Gasteiger partial charge in [-0.2, -0.15) is 0 Å². The van der Waals surface area contributed by atoms with Crippen molar-refractivity contribution in [2.45, 2.75) is 0 Å². The molecule has 0 saturated carbocycles. The van der Waals surface area contributed by atoms with Crippen molar-refractivity contribution in [2.75, 3.05) is 7.11 Å². The standard InChI is InChI=1S/C8H7N3O3/c1-13-5-3-2-4-9-6(5)7-10-8(12)14-11-7/h2-4H,1H3,(H,10,11,12). The second-order valence-corrected chi connectivity index (χ2v) is 2.50. The highest BCUT2D eigenvalue weighted by Crippen LogP contribution is 2.22. The molecule has 0 unspecified atom stereocenters. The van der Waals surface area contributed by atoms with E-state index in [2.05, 4.69) is 19.6 Å². The Bertz CT molecular complexity index is 488. The molecule has 6 heteroatoms. The number of hydrogen-bond donors (Lipinski definition) is 1. The zero-order chi connectivity index (χ0) is 9.97. The van der Waals surface area contributed by atoms with Crippen molar-refractivity contribution < 1.29 is 9.26 Å². The quantitative estimate of drug-likeness (QED) is 0.748. The highest BCUT2D eigenvalue weighted by molar-refractivity contribution is 5.57. The number of hydrogen-bond acceptors (Lipinski definition) is 5. The molecule has 0 spiro atoms. The summed E-state index contributed by atoms with van der Waals surface area (Å²) < 4.78 is 9.40. The SMILES string of the molecule is COc1cccnc1-c1noc(=O)[nH]1. The molecule has 0 aliphatic rings. The van der Waals surface area contributed by atoms with E-state index in [1.807, 2.05) is 0 Å². The Morgan fingerprint density at radius 1 is 1.57 bits per heavy atom. The van der Waals surface area contributed by atoms with E-state index in [9.17, 15) is 4.79 Å². The zero-order valence-electron chi connectivity index (χ0n) is 7.35. The van der Waals surface area contributed by atoms with E-state index in [1.165, 1.54) is 7.11 Å². The van der Waals surface area contributed by atoms with Gasteiger partial charge in [-0.25, -0.2) is 9.78 Å². The average molecular weight is 193 g/mol. The number of rotatable bonds is 2. The van der Waals surface area contributed by atoms with E-state index in [4.69, 9.17) is 4.74 Å². The Kier molecular flexibility index (Phi) is 2.02. The van der Waals surface area contributed by atoms with Gasteiger partial charge in [-0.3, -0.25) is 9.51 Å². The molecule has 0 atom stereocenters. The summed E-state index contributed by atoms with van der Waals surface area (Å²) in [5.41, 5.74) is 0.445. The van der Waals surface area contributed by atoms with E-state index in [-0.39, 0.29) is 5.82 Å². The van der Waals surface area contributed by atoms with Crippen LogP contribution in [-0.2, 0) is 0 Å². The predicted octanol–water partition coefficient (Wildman–Crippen LogP) is 0.433. The van der Waals surface area contributed by atoms with Crippen LogP contribution in [0.4, 0.5) is 0 Å². The monoisotopic (exact) mass is 193 g/mol. The van der Waals surface area contributed by atoms with Crippen molar-refractivity contribution in [3.05, 3.63) is 28.9 Å². The lowest BCUT2D eigenvalue weighted by Gasteiger charge is -2.01. The third-order valence-electron chi connectivity index (χ3n) is 1.66. The molecule has 2 rings (SSSR count). The second-order valence-electron chi connectivity index (χ2n) is 2.50. The maximum absolute atomic E-state index is 10.7. The second kappa shape index (κ2) is 3.33. The Labute approximate surface area is 78.5 Å². The van der Waals surface area contributed by atoms with Crippen LogP contribution in [0.25, 0.3) is 11.5 Å². The summed E-state index contributed by atoms with van der Waals surface area (Å²) in [5.74, 6) is 0.164. The Hall–Kier alpha value is -2.11. The highest BCUT2D eigenvalue weighted by atomic mass is 16.5. The topological polar surface area (TPSA) is 81.0 Å². The molecule has 0 aliphatic carbocycles. The predicted molar refractivity (Wildman–Crippen MR) is 46.9 cm³/mol. The van der Waals surface area contributed by atoms with Crippen molar-refractivity contribution >= 4 is 0 Å². The molecule has 0 saturated heterocycles. The lowest BCUT2D eigenvalue weighted by Crippen LogP contribution is -1.97. The summed E-state index contributed by atoms with van der Waals surface area (Å²) in [4.78, 5) is 17.1.